The van der Waals surface area contributed by atoms with E-state index in [1.54, 1.807) is 16.9 Å². The number of anilines is 1. The fourth-order valence-electron chi connectivity index (χ4n) is 1.66. The Morgan fingerprint density at radius 2 is 2.28 bits per heavy atom. The lowest BCUT2D eigenvalue weighted by Crippen LogP contribution is -1.99. The number of hydrogen-bond donors (Lipinski definition) is 2. The molecule has 2 aromatic rings. The highest BCUT2D eigenvalue weighted by atomic mass is 16.5. The number of phenolic OH excluding ortho intramolecular Hbond substituents is 1. The zero-order valence-corrected chi connectivity index (χ0v) is 10.6. The summed E-state index contributed by atoms with van der Waals surface area (Å²) in [6.07, 6.45) is 3.67. The van der Waals surface area contributed by atoms with E-state index >= 15 is 0 Å². The third-order valence-electron chi connectivity index (χ3n) is 2.53. The number of aryl methyl sites for hydroxylation is 1. The van der Waals surface area contributed by atoms with Crippen LogP contribution in [-0.4, -0.2) is 21.5 Å². The molecule has 0 aliphatic carbocycles. The first-order chi connectivity index (χ1) is 8.69. The highest BCUT2D eigenvalue weighted by molar-refractivity contribution is 5.44. The van der Waals surface area contributed by atoms with Gasteiger partial charge in [0.2, 0.25) is 0 Å². The average molecular weight is 247 g/mol. The predicted octanol–water partition coefficient (Wildman–Crippen LogP) is 2.14. The molecule has 0 aliphatic rings. The molecule has 0 fully saturated rings. The van der Waals surface area contributed by atoms with Crippen LogP contribution >= 0.6 is 0 Å². The van der Waals surface area contributed by atoms with Gasteiger partial charge in [-0.25, -0.2) is 0 Å². The molecule has 2 rings (SSSR count). The van der Waals surface area contributed by atoms with E-state index in [0.29, 0.717) is 18.9 Å². The Kier molecular flexibility index (Phi) is 3.72. The molecule has 1 heterocycles. The number of rotatable bonds is 5. The van der Waals surface area contributed by atoms with Crippen molar-refractivity contribution in [2.45, 2.75) is 13.5 Å². The number of benzene rings is 1. The van der Waals surface area contributed by atoms with Gasteiger partial charge < -0.3 is 15.2 Å². The average Bonchev–Trinajstić information content (AvgIpc) is 2.76. The van der Waals surface area contributed by atoms with Crippen LogP contribution in [0.3, 0.4) is 0 Å². The molecule has 0 atom stereocenters. The summed E-state index contributed by atoms with van der Waals surface area (Å²) in [5.41, 5.74) is 2.00. The van der Waals surface area contributed by atoms with Crippen molar-refractivity contribution in [3.8, 4) is 11.5 Å². The quantitative estimate of drug-likeness (QED) is 0.849. The van der Waals surface area contributed by atoms with E-state index < -0.39 is 0 Å². The fraction of sp³-hybridized carbons (Fsp3) is 0.308. The summed E-state index contributed by atoms with van der Waals surface area (Å²) in [5, 5.41) is 16.9. The molecule has 0 bridgehead atoms. The number of hydrogen-bond acceptors (Lipinski definition) is 4. The Bertz CT molecular complexity index is 523. The number of nitrogens with zero attached hydrogens (tertiary/aromatic N) is 2. The lowest BCUT2D eigenvalue weighted by Gasteiger charge is -2.09. The van der Waals surface area contributed by atoms with Crippen molar-refractivity contribution < 1.29 is 9.84 Å². The summed E-state index contributed by atoms with van der Waals surface area (Å²) in [5.74, 6) is 0.685. The van der Waals surface area contributed by atoms with Crippen LogP contribution in [-0.2, 0) is 13.6 Å². The maximum Gasteiger partial charge on any atom is 0.161 e. The van der Waals surface area contributed by atoms with Gasteiger partial charge in [-0.15, -0.1) is 0 Å². The van der Waals surface area contributed by atoms with Gasteiger partial charge in [0, 0.05) is 19.8 Å². The summed E-state index contributed by atoms with van der Waals surface area (Å²) < 4.78 is 7.08. The van der Waals surface area contributed by atoms with Crippen LogP contribution in [0, 0.1) is 0 Å². The van der Waals surface area contributed by atoms with Gasteiger partial charge in [0.25, 0.3) is 0 Å². The second kappa shape index (κ2) is 5.44. The van der Waals surface area contributed by atoms with Gasteiger partial charge >= 0.3 is 0 Å². The van der Waals surface area contributed by atoms with Crippen molar-refractivity contribution in [1.82, 2.24) is 9.78 Å². The number of ether oxygens (including phenoxy) is 1. The van der Waals surface area contributed by atoms with E-state index in [1.165, 1.54) is 0 Å². The number of nitrogens with one attached hydrogen (secondary N) is 1. The van der Waals surface area contributed by atoms with Gasteiger partial charge in [-0.1, -0.05) is 6.07 Å². The standard InChI is InChI=1S/C13H17N3O2/c1-3-18-13-6-10(4-5-12(13)17)7-14-11-8-15-16(2)9-11/h4-6,8-9,14,17H,3,7H2,1-2H3. The topological polar surface area (TPSA) is 59.3 Å². The van der Waals surface area contributed by atoms with Crippen LogP contribution in [0.2, 0.25) is 0 Å². The van der Waals surface area contributed by atoms with Crippen LogP contribution in [0.4, 0.5) is 5.69 Å². The molecule has 0 spiro atoms. The summed E-state index contributed by atoms with van der Waals surface area (Å²) >= 11 is 0. The Morgan fingerprint density at radius 1 is 1.44 bits per heavy atom. The Labute approximate surface area is 106 Å². The molecule has 0 radical (unpaired) electrons. The third-order valence-corrected chi connectivity index (χ3v) is 2.53. The minimum Gasteiger partial charge on any atom is -0.504 e. The molecular formula is C13H17N3O2. The fourth-order valence-corrected chi connectivity index (χ4v) is 1.66. The van der Waals surface area contributed by atoms with Crippen molar-refractivity contribution in [2.75, 3.05) is 11.9 Å². The van der Waals surface area contributed by atoms with E-state index in [0.717, 1.165) is 11.3 Å². The molecule has 96 valence electrons. The monoisotopic (exact) mass is 247 g/mol. The van der Waals surface area contributed by atoms with E-state index in [4.69, 9.17) is 4.74 Å². The van der Waals surface area contributed by atoms with E-state index in [9.17, 15) is 5.11 Å². The molecule has 1 aromatic heterocycles. The molecule has 18 heavy (non-hydrogen) atoms. The number of aromatic hydroxyl groups is 1. The molecule has 1 aromatic carbocycles. The van der Waals surface area contributed by atoms with Crippen molar-refractivity contribution in [1.29, 1.82) is 0 Å². The van der Waals surface area contributed by atoms with E-state index in [-0.39, 0.29) is 5.75 Å². The summed E-state index contributed by atoms with van der Waals surface area (Å²) in [6, 6.07) is 5.34. The van der Waals surface area contributed by atoms with Gasteiger partial charge in [0.15, 0.2) is 11.5 Å². The Hall–Kier alpha value is -2.17. The molecule has 5 nitrogen and oxygen atoms in total. The van der Waals surface area contributed by atoms with E-state index in [1.807, 2.05) is 32.3 Å². The zero-order valence-electron chi connectivity index (χ0n) is 10.6. The van der Waals surface area contributed by atoms with Crippen molar-refractivity contribution in [3.63, 3.8) is 0 Å². The summed E-state index contributed by atoms with van der Waals surface area (Å²) in [6.45, 7) is 3.08. The summed E-state index contributed by atoms with van der Waals surface area (Å²) in [7, 11) is 1.87. The molecular weight excluding hydrogens is 230 g/mol. The van der Waals surface area contributed by atoms with Crippen LogP contribution in [0.1, 0.15) is 12.5 Å². The molecule has 0 saturated carbocycles. The Morgan fingerprint density at radius 3 is 2.94 bits per heavy atom. The van der Waals surface area contributed by atoms with Crippen molar-refractivity contribution in [3.05, 3.63) is 36.2 Å². The van der Waals surface area contributed by atoms with Crippen LogP contribution in [0.5, 0.6) is 11.5 Å². The number of phenols is 1. The molecule has 5 heteroatoms. The second-order valence-electron chi connectivity index (χ2n) is 3.99. The molecule has 2 N–H and O–H groups in total. The second-order valence-corrected chi connectivity index (χ2v) is 3.99. The van der Waals surface area contributed by atoms with Gasteiger partial charge in [0.05, 0.1) is 18.5 Å². The van der Waals surface area contributed by atoms with Crippen molar-refractivity contribution in [2.24, 2.45) is 7.05 Å². The summed E-state index contributed by atoms with van der Waals surface area (Å²) in [4.78, 5) is 0. The minimum absolute atomic E-state index is 0.168. The highest BCUT2D eigenvalue weighted by Gasteiger charge is 2.03. The van der Waals surface area contributed by atoms with Gasteiger partial charge in [-0.3, -0.25) is 4.68 Å². The normalized spacial score (nSPS) is 10.3. The van der Waals surface area contributed by atoms with Crippen LogP contribution in [0.15, 0.2) is 30.6 Å². The van der Waals surface area contributed by atoms with Gasteiger partial charge in [-0.05, 0) is 24.6 Å². The first-order valence-corrected chi connectivity index (χ1v) is 5.86. The van der Waals surface area contributed by atoms with Gasteiger partial charge in [-0.2, -0.15) is 5.10 Å². The van der Waals surface area contributed by atoms with E-state index in [2.05, 4.69) is 10.4 Å². The smallest absolute Gasteiger partial charge is 0.161 e. The maximum atomic E-state index is 9.60. The minimum atomic E-state index is 0.168. The SMILES string of the molecule is CCOc1cc(CNc2cnn(C)c2)ccc1O. The zero-order chi connectivity index (χ0) is 13.0. The van der Waals surface area contributed by atoms with Gasteiger partial charge in [0.1, 0.15) is 0 Å². The lowest BCUT2D eigenvalue weighted by molar-refractivity contribution is 0.318. The van der Waals surface area contributed by atoms with Crippen LogP contribution in [0.25, 0.3) is 0 Å². The number of aromatic nitrogens is 2. The predicted molar refractivity (Wildman–Crippen MR) is 69.8 cm³/mol. The lowest BCUT2D eigenvalue weighted by atomic mass is 10.2. The molecule has 0 saturated heterocycles. The molecule has 0 unspecified atom stereocenters. The highest BCUT2D eigenvalue weighted by Crippen LogP contribution is 2.27. The van der Waals surface area contributed by atoms with Crippen molar-refractivity contribution >= 4 is 5.69 Å². The maximum absolute atomic E-state index is 9.60. The van der Waals surface area contributed by atoms with Crippen LogP contribution < -0.4 is 10.1 Å². The first kappa shape index (κ1) is 12.3. The first-order valence-electron chi connectivity index (χ1n) is 5.86. The largest absolute Gasteiger partial charge is 0.504 e. The molecule has 0 amide bonds. The molecule has 0 aliphatic heterocycles. The third kappa shape index (κ3) is 2.94. The Balaban J connectivity index is 2.03.